The second-order valence-electron chi connectivity index (χ2n) is 4.81. The van der Waals surface area contributed by atoms with Gasteiger partial charge in [-0.1, -0.05) is 48.0 Å². The van der Waals surface area contributed by atoms with Crippen LogP contribution in [0.2, 0.25) is 0 Å². The molecule has 1 atom stereocenters. The van der Waals surface area contributed by atoms with Crippen molar-refractivity contribution in [3.63, 3.8) is 0 Å². The van der Waals surface area contributed by atoms with Gasteiger partial charge in [0.05, 0.1) is 12.0 Å². The topological polar surface area (TPSA) is 43.8 Å². The third kappa shape index (κ3) is 2.82. The van der Waals surface area contributed by atoms with Crippen LogP contribution in [0.15, 0.2) is 41.3 Å². The maximum Gasteiger partial charge on any atom is 0.0951 e. The van der Waals surface area contributed by atoms with E-state index in [0.29, 0.717) is 5.92 Å². The summed E-state index contributed by atoms with van der Waals surface area (Å²) in [4.78, 5) is 4.22. The monoisotopic (exact) mass is 307 g/mol. The molecular weight excluding hydrogens is 290 g/mol. The minimum absolute atomic E-state index is 0.0231. The summed E-state index contributed by atoms with van der Waals surface area (Å²) in [6.07, 6.45) is 3.71. The summed E-state index contributed by atoms with van der Waals surface area (Å²) < 4.78 is 3.23. The van der Waals surface area contributed by atoms with Gasteiger partial charge in [-0.25, -0.2) is 4.98 Å². The molecule has 3 nitrogen and oxygen atoms in total. The Kier molecular flexibility index (Phi) is 4.19. The first kappa shape index (κ1) is 13.3. The number of hydrogen-bond acceptors (Lipinski definition) is 2. The van der Waals surface area contributed by atoms with E-state index >= 15 is 0 Å². The molecule has 96 valence electrons. The van der Waals surface area contributed by atoms with Crippen LogP contribution in [0.25, 0.3) is 0 Å². The number of aromatic nitrogens is 2. The van der Waals surface area contributed by atoms with Gasteiger partial charge in [-0.3, -0.25) is 0 Å². The Morgan fingerprint density at radius 3 is 2.72 bits per heavy atom. The Balaban J connectivity index is 2.26. The molecule has 0 spiro atoms. The molecule has 2 N–H and O–H groups in total. The highest BCUT2D eigenvalue weighted by molar-refractivity contribution is 9.10. The summed E-state index contributed by atoms with van der Waals surface area (Å²) >= 11 is 3.57. The lowest BCUT2D eigenvalue weighted by Crippen LogP contribution is -2.20. The number of nitrogens with zero attached hydrogens (tertiary/aromatic N) is 2. The maximum atomic E-state index is 6.20. The average Bonchev–Trinajstić information content (AvgIpc) is 2.79. The van der Waals surface area contributed by atoms with Crippen LogP contribution in [0, 0.1) is 5.92 Å². The molecule has 0 aliphatic carbocycles. The molecule has 1 aromatic heterocycles. The van der Waals surface area contributed by atoms with Gasteiger partial charge in [0, 0.05) is 23.3 Å². The Morgan fingerprint density at radius 1 is 1.33 bits per heavy atom. The van der Waals surface area contributed by atoms with Gasteiger partial charge in [-0.2, -0.15) is 0 Å². The quantitative estimate of drug-likeness (QED) is 0.941. The number of imidazole rings is 1. The highest BCUT2D eigenvalue weighted by Gasteiger charge is 2.15. The fraction of sp³-hybridized carbons (Fsp3) is 0.357. The van der Waals surface area contributed by atoms with Crippen molar-refractivity contribution in [3.05, 3.63) is 52.5 Å². The van der Waals surface area contributed by atoms with E-state index in [2.05, 4.69) is 45.4 Å². The van der Waals surface area contributed by atoms with Crippen LogP contribution in [0.5, 0.6) is 0 Å². The van der Waals surface area contributed by atoms with Crippen molar-refractivity contribution in [1.82, 2.24) is 9.55 Å². The molecule has 0 bridgehead atoms. The third-order valence-corrected chi connectivity index (χ3v) is 3.88. The average molecular weight is 308 g/mol. The Hall–Kier alpha value is -1.13. The second-order valence-corrected chi connectivity index (χ2v) is 5.66. The highest BCUT2D eigenvalue weighted by atomic mass is 79.9. The zero-order chi connectivity index (χ0) is 13.1. The molecule has 0 amide bonds. The summed E-state index contributed by atoms with van der Waals surface area (Å²) in [6.45, 7) is 5.04. The van der Waals surface area contributed by atoms with Crippen molar-refractivity contribution >= 4 is 15.9 Å². The van der Waals surface area contributed by atoms with E-state index in [-0.39, 0.29) is 6.04 Å². The zero-order valence-corrected chi connectivity index (χ0v) is 12.3. The Bertz CT molecular complexity index is 519. The van der Waals surface area contributed by atoms with Crippen molar-refractivity contribution in [2.45, 2.75) is 26.4 Å². The number of nitrogens with two attached hydrogens (primary N) is 1. The van der Waals surface area contributed by atoms with Crippen molar-refractivity contribution in [3.8, 4) is 0 Å². The van der Waals surface area contributed by atoms with E-state index in [0.717, 1.165) is 16.7 Å². The molecule has 1 unspecified atom stereocenters. The molecule has 0 aliphatic heterocycles. The van der Waals surface area contributed by atoms with Gasteiger partial charge in [-0.15, -0.1) is 0 Å². The van der Waals surface area contributed by atoms with Crippen molar-refractivity contribution < 1.29 is 0 Å². The molecule has 0 radical (unpaired) electrons. The largest absolute Gasteiger partial charge is 0.329 e. The van der Waals surface area contributed by atoms with Gasteiger partial charge < -0.3 is 10.3 Å². The number of rotatable bonds is 4. The standard InChI is InChI=1S/C14H18BrN3/c1-10(2)14(16)13-7-17-9-18(13)8-11-5-3-4-6-12(11)15/h3-7,9-10,14H,8,16H2,1-2H3. The van der Waals surface area contributed by atoms with E-state index in [1.54, 1.807) is 0 Å². The molecular formula is C14H18BrN3. The molecule has 2 rings (SSSR count). The molecule has 0 fully saturated rings. The molecule has 0 aliphatic rings. The highest BCUT2D eigenvalue weighted by Crippen LogP contribution is 2.22. The minimum Gasteiger partial charge on any atom is -0.329 e. The van der Waals surface area contributed by atoms with E-state index in [9.17, 15) is 0 Å². The molecule has 4 heteroatoms. The fourth-order valence-electron chi connectivity index (χ4n) is 1.89. The predicted octanol–water partition coefficient (Wildman–Crippen LogP) is 3.35. The first-order valence-electron chi connectivity index (χ1n) is 6.08. The summed E-state index contributed by atoms with van der Waals surface area (Å²) in [5.74, 6) is 0.402. The first-order valence-corrected chi connectivity index (χ1v) is 6.88. The summed E-state index contributed by atoms with van der Waals surface area (Å²) in [5.41, 5.74) is 8.52. The van der Waals surface area contributed by atoms with Gasteiger partial charge in [-0.05, 0) is 17.5 Å². The summed E-state index contributed by atoms with van der Waals surface area (Å²) in [7, 11) is 0. The van der Waals surface area contributed by atoms with Gasteiger partial charge in [0.25, 0.3) is 0 Å². The Labute approximate surface area is 116 Å². The smallest absolute Gasteiger partial charge is 0.0951 e. The first-order chi connectivity index (χ1) is 8.59. The van der Waals surface area contributed by atoms with Gasteiger partial charge in [0.15, 0.2) is 0 Å². The molecule has 1 heterocycles. The van der Waals surface area contributed by atoms with Crippen LogP contribution in [0.3, 0.4) is 0 Å². The van der Waals surface area contributed by atoms with Gasteiger partial charge >= 0.3 is 0 Å². The third-order valence-electron chi connectivity index (χ3n) is 3.10. The lowest BCUT2D eigenvalue weighted by atomic mass is 10.0. The van der Waals surface area contributed by atoms with Crippen molar-refractivity contribution in [2.75, 3.05) is 0 Å². The lowest BCUT2D eigenvalue weighted by Gasteiger charge is -2.18. The van der Waals surface area contributed by atoms with Crippen LogP contribution in [-0.2, 0) is 6.54 Å². The molecule has 2 aromatic rings. The van der Waals surface area contributed by atoms with Crippen LogP contribution in [-0.4, -0.2) is 9.55 Å². The SMILES string of the molecule is CC(C)C(N)c1cncn1Cc1ccccc1Br. The molecule has 18 heavy (non-hydrogen) atoms. The minimum atomic E-state index is 0.0231. The fourth-order valence-corrected chi connectivity index (χ4v) is 2.30. The van der Waals surface area contributed by atoms with E-state index < -0.39 is 0 Å². The normalized spacial score (nSPS) is 12.9. The Morgan fingerprint density at radius 2 is 2.06 bits per heavy atom. The summed E-state index contributed by atoms with van der Waals surface area (Å²) in [6, 6.07) is 8.24. The lowest BCUT2D eigenvalue weighted by molar-refractivity contribution is 0.484. The van der Waals surface area contributed by atoms with Crippen LogP contribution in [0.4, 0.5) is 0 Å². The second kappa shape index (κ2) is 5.67. The maximum absolute atomic E-state index is 6.20. The van der Waals surface area contributed by atoms with Crippen molar-refractivity contribution in [2.24, 2.45) is 11.7 Å². The van der Waals surface area contributed by atoms with Crippen LogP contribution in [0.1, 0.15) is 31.1 Å². The van der Waals surface area contributed by atoms with Gasteiger partial charge in [0.2, 0.25) is 0 Å². The van der Waals surface area contributed by atoms with E-state index in [1.165, 1.54) is 5.56 Å². The zero-order valence-electron chi connectivity index (χ0n) is 10.7. The molecule has 0 saturated carbocycles. The van der Waals surface area contributed by atoms with Crippen LogP contribution >= 0.6 is 15.9 Å². The number of halogens is 1. The number of hydrogen-bond donors (Lipinski definition) is 1. The number of benzene rings is 1. The van der Waals surface area contributed by atoms with Crippen molar-refractivity contribution in [1.29, 1.82) is 0 Å². The van der Waals surface area contributed by atoms with Gasteiger partial charge in [0.1, 0.15) is 0 Å². The molecule has 0 saturated heterocycles. The summed E-state index contributed by atoms with van der Waals surface area (Å²) in [5, 5.41) is 0. The van der Waals surface area contributed by atoms with Crippen LogP contribution < -0.4 is 5.73 Å². The van der Waals surface area contributed by atoms with E-state index in [4.69, 9.17) is 5.73 Å². The predicted molar refractivity (Wildman–Crippen MR) is 77.2 cm³/mol. The molecule has 1 aromatic carbocycles. The van der Waals surface area contributed by atoms with E-state index in [1.807, 2.05) is 30.7 Å².